The minimum atomic E-state index is -0.177. The molecule has 1 heterocycles. The van der Waals surface area contributed by atoms with E-state index in [1.165, 1.54) is 4.88 Å². The van der Waals surface area contributed by atoms with Gasteiger partial charge in [-0.25, -0.2) is 0 Å². The van der Waals surface area contributed by atoms with Gasteiger partial charge in [0.2, 0.25) is 0 Å². The number of nitriles is 1. The van der Waals surface area contributed by atoms with Crippen molar-refractivity contribution < 1.29 is 14.3 Å². The van der Waals surface area contributed by atoms with Crippen molar-refractivity contribution in [2.24, 2.45) is 0 Å². The van der Waals surface area contributed by atoms with E-state index in [9.17, 15) is 4.79 Å². The van der Waals surface area contributed by atoms with E-state index in [4.69, 9.17) is 14.7 Å². The van der Waals surface area contributed by atoms with Gasteiger partial charge in [0.15, 0.2) is 18.1 Å². The van der Waals surface area contributed by atoms with E-state index >= 15 is 0 Å². The van der Waals surface area contributed by atoms with Crippen molar-refractivity contribution in [3.8, 4) is 17.6 Å². The summed E-state index contributed by atoms with van der Waals surface area (Å²) in [6, 6.07) is 11.1. The lowest BCUT2D eigenvalue weighted by Crippen LogP contribution is -2.30. The number of nitrogens with one attached hydrogen (secondary N) is 1. The number of hydrogen-bond acceptors (Lipinski definition) is 6. The maximum Gasteiger partial charge on any atom is 0.257 e. The van der Waals surface area contributed by atoms with Crippen molar-refractivity contribution in [2.45, 2.75) is 12.7 Å². The second-order valence-electron chi connectivity index (χ2n) is 4.98. The highest BCUT2D eigenvalue weighted by molar-refractivity contribution is 7.98. The maximum atomic E-state index is 11.9. The van der Waals surface area contributed by atoms with Crippen LogP contribution in [0.15, 0.2) is 35.7 Å². The van der Waals surface area contributed by atoms with E-state index in [0.717, 1.165) is 11.5 Å². The molecule has 0 unspecified atom stereocenters. The number of ether oxygens (including phenoxy) is 2. The molecule has 2 aromatic rings. The molecule has 0 bridgehead atoms. The number of carbonyl (C=O) groups excluding carboxylic acids is 1. The molecule has 5 nitrogen and oxygen atoms in total. The fourth-order valence-electron chi connectivity index (χ4n) is 1.99. The third kappa shape index (κ3) is 6.69. The molecule has 0 atom stereocenters. The molecule has 2 rings (SSSR count). The summed E-state index contributed by atoms with van der Waals surface area (Å²) in [4.78, 5) is 13.2. The molecule has 0 spiro atoms. The Hall–Kier alpha value is -2.17. The number of amides is 1. The highest BCUT2D eigenvalue weighted by Gasteiger charge is 2.09. The summed E-state index contributed by atoms with van der Waals surface area (Å²) in [5.74, 6) is 2.57. The Kier molecular flexibility index (Phi) is 8.16. The highest BCUT2D eigenvalue weighted by atomic mass is 32.2. The number of carbonyl (C=O) groups is 1. The van der Waals surface area contributed by atoms with Crippen molar-refractivity contribution >= 4 is 29.0 Å². The first kappa shape index (κ1) is 19.2. The van der Waals surface area contributed by atoms with Gasteiger partial charge in [-0.05, 0) is 30.5 Å². The van der Waals surface area contributed by atoms with E-state index < -0.39 is 0 Å². The van der Waals surface area contributed by atoms with E-state index in [2.05, 4.69) is 22.8 Å². The minimum Gasteiger partial charge on any atom is -0.490 e. The molecule has 1 aromatic heterocycles. The Morgan fingerprint density at radius 2 is 2.20 bits per heavy atom. The van der Waals surface area contributed by atoms with Crippen molar-refractivity contribution in [3.63, 3.8) is 0 Å². The zero-order chi connectivity index (χ0) is 17.9. The van der Waals surface area contributed by atoms with Gasteiger partial charge in [-0.3, -0.25) is 4.79 Å². The number of nitrogens with zero attached hydrogens (tertiary/aromatic N) is 1. The fourth-order valence-corrected chi connectivity index (χ4v) is 3.69. The van der Waals surface area contributed by atoms with Gasteiger partial charge in [-0.1, -0.05) is 6.07 Å². The van der Waals surface area contributed by atoms with Crippen LogP contribution in [0.2, 0.25) is 0 Å². The second kappa shape index (κ2) is 10.6. The smallest absolute Gasteiger partial charge is 0.257 e. The maximum absolute atomic E-state index is 11.9. The zero-order valence-corrected chi connectivity index (χ0v) is 15.6. The van der Waals surface area contributed by atoms with Crippen LogP contribution in [0.4, 0.5) is 0 Å². The molecule has 1 aromatic carbocycles. The average molecular weight is 377 g/mol. The molecular formula is C18H20N2O3S2. The van der Waals surface area contributed by atoms with Gasteiger partial charge in [0.05, 0.1) is 18.2 Å². The van der Waals surface area contributed by atoms with Crippen molar-refractivity contribution in [1.82, 2.24) is 5.32 Å². The van der Waals surface area contributed by atoms with Crippen LogP contribution in [0.3, 0.4) is 0 Å². The third-order valence-corrected chi connectivity index (χ3v) is 5.19. The van der Waals surface area contributed by atoms with Crippen LogP contribution in [0.1, 0.15) is 17.4 Å². The number of hydrogen-bond donors (Lipinski definition) is 1. The van der Waals surface area contributed by atoms with Gasteiger partial charge in [-0.15, -0.1) is 11.3 Å². The van der Waals surface area contributed by atoms with E-state index in [-0.39, 0.29) is 12.5 Å². The first-order valence-electron chi connectivity index (χ1n) is 7.89. The van der Waals surface area contributed by atoms with Crippen molar-refractivity contribution in [3.05, 3.63) is 46.2 Å². The van der Waals surface area contributed by atoms with Gasteiger partial charge in [-0.2, -0.15) is 17.0 Å². The monoisotopic (exact) mass is 376 g/mol. The number of thiophene rings is 1. The van der Waals surface area contributed by atoms with Crippen LogP contribution in [-0.4, -0.2) is 31.4 Å². The quantitative estimate of drug-likeness (QED) is 0.643. The first-order chi connectivity index (χ1) is 12.2. The molecule has 25 heavy (non-hydrogen) atoms. The molecule has 0 radical (unpaired) electrons. The lowest BCUT2D eigenvalue weighted by molar-refractivity contribution is -0.122. The second-order valence-corrected chi connectivity index (χ2v) is 7.11. The Bertz CT molecular complexity index is 712. The van der Waals surface area contributed by atoms with Crippen molar-refractivity contribution in [2.75, 3.05) is 25.5 Å². The molecule has 0 saturated heterocycles. The number of rotatable bonds is 10. The van der Waals surface area contributed by atoms with Crippen LogP contribution >= 0.6 is 23.1 Å². The van der Waals surface area contributed by atoms with E-state index in [1.807, 2.05) is 13.0 Å². The Morgan fingerprint density at radius 1 is 1.32 bits per heavy atom. The standard InChI is InChI=1S/C18H20N2O3S2/c1-2-22-17-10-14(11-19)5-6-16(17)23-12-18(21)20-7-9-24-13-15-4-3-8-25-15/h3-6,8,10H,2,7,9,12-13H2,1H3,(H,20,21). The molecule has 0 aliphatic rings. The molecule has 0 saturated carbocycles. The summed E-state index contributed by atoms with van der Waals surface area (Å²) in [6.07, 6.45) is 0. The highest BCUT2D eigenvalue weighted by Crippen LogP contribution is 2.28. The third-order valence-electron chi connectivity index (χ3n) is 3.12. The minimum absolute atomic E-state index is 0.0818. The molecule has 0 aliphatic heterocycles. The summed E-state index contributed by atoms with van der Waals surface area (Å²) >= 11 is 3.53. The zero-order valence-electron chi connectivity index (χ0n) is 14.0. The first-order valence-corrected chi connectivity index (χ1v) is 9.93. The molecule has 1 N–H and O–H groups in total. The van der Waals surface area contributed by atoms with Crippen molar-refractivity contribution in [1.29, 1.82) is 5.26 Å². The Labute approximate surface area is 156 Å². The number of benzene rings is 1. The Balaban J connectivity index is 1.69. The van der Waals surface area contributed by atoms with Crippen LogP contribution in [0.25, 0.3) is 0 Å². The largest absolute Gasteiger partial charge is 0.490 e. The summed E-state index contributed by atoms with van der Waals surface area (Å²) in [6.45, 7) is 2.83. The molecule has 7 heteroatoms. The van der Waals surface area contributed by atoms with Gasteiger partial charge < -0.3 is 14.8 Å². The lowest BCUT2D eigenvalue weighted by Gasteiger charge is -2.12. The summed E-state index contributed by atoms with van der Waals surface area (Å²) in [7, 11) is 0. The predicted octanol–water partition coefficient (Wildman–Crippen LogP) is 3.45. The SMILES string of the molecule is CCOc1cc(C#N)ccc1OCC(=O)NCCSCc1cccs1. The molecule has 132 valence electrons. The van der Waals surface area contributed by atoms with Gasteiger partial charge >= 0.3 is 0 Å². The van der Waals surface area contributed by atoms with E-state index in [1.54, 1.807) is 41.3 Å². The predicted molar refractivity (Wildman–Crippen MR) is 101 cm³/mol. The van der Waals surface area contributed by atoms with Crippen LogP contribution in [-0.2, 0) is 10.5 Å². The summed E-state index contributed by atoms with van der Waals surface area (Å²) in [5, 5.41) is 13.8. The van der Waals surface area contributed by atoms with Gasteiger partial charge in [0, 0.05) is 29.0 Å². The average Bonchev–Trinajstić information content (AvgIpc) is 3.14. The topological polar surface area (TPSA) is 71.3 Å². The fraction of sp³-hybridized carbons (Fsp3) is 0.333. The van der Waals surface area contributed by atoms with Crippen LogP contribution < -0.4 is 14.8 Å². The molecule has 0 fully saturated rings. The van der Waals surface area contributed by atoms with Crippen LogP contribution in [0.5, 0.6) is 11.5 Å². The van der Waals surface area contributed by atoms with Gasteiger partial charge in [0.25, 0.3) is 5.91 Å². The molecule has 1 amide bonds. The molecule has 0 aliphatic carbocycles. The van der Waals surface area contributed by atoms with Crippen LogP contribution in [0, 0.1) is 11.3 Å². The van der Waals surface area contributed by atoms with E-state index in [0.29, 0.717) is 30.2 Å². The summed E-state index contributed by atoms with van der Waals surface area (Å²) in [5.41, 5.74) is 0.489. The molecular weight excluding hydrogens is 356 g/mol. The normalized spacial score (nSPS) is 10.1. The summed E-state index contributed by atoms with van der Waals surface area (Å²) < 4.78 is 11.0. The lowest BCUT2D eigenvalue weighted by atomic mass is 10.2. The Morgan fingerprint density at radius 3 is 2.92 bits per heavy atom. The van der Waals surface area contributed by atoms with Gasteiger partial charge in [0.1, 0.15) is 0 Å². The number of thioether (sulfide) groups is 1.